The van der Waals surface area contributed by atoms with Crippen LogP contribution in [0, 0.1) is 0 Å². The molecule has 7 aromatic rings. The standard InChI is InChI=1S/C23H17Cl2NO3.C17H13Cl2NO3.CH4.S14/c1-28-23(27)21-22(29-18-5-3-2-4-6-18)19-13-17(25)11-12-20(19)26(21)14-15-7-9-16(24)10-8-15;1-23-16-13-8-12(19)6-7-14(13)20(15(16)17(21)22)9-10-2-4-11(18)5-3-10;;1-3-5-7-9-11-13-14-12-10-8-6-4-2/h2-13H,14H2,1H3;2-8H,9H2,1H3,(H,21,22);1H4;. The second-order valence-electron chi connectivity index (χ2n) is 12.3. The predicted molar refractivity (Wildman–Crippen MR) is 316 cm³/mol. The Kier molecular flexibility index (Phi) is 26.3. The van der Waals surface area contributed by atoms with Crippen LogP contribution in [0.4, 0.5) is 0 Å². The third kappa shape index (κ3) is 17.4. The van der Waals surface area contributed by atoms with Crippen molar-refractivity contribution in [1.82, 2.24) is 9.13 Å². The highest BCUT2D eigenvalue weighted by molar-refractivity contribution is 8.76. The zero-order valence-electron chi connectivity index (χ0n) is 33.5. The highest BCUT2D eigenvalue weighted by atomic mass is 35.5. The molecule has 0 amide bonds. The summed E-state index contributed by atoms with van der Waals surface area (Å²) in [5.74, 6) is -0.206. The molecule has 26 heteroatoms. The van der Waals surface area contributed by atoms with E-state index in [0.717, 1.165) is 27.5 Å². The number of ether oxygens (including phenoxy) is 3. The van der Waals surface area contributed by atoms with Gasteiger partial charge in [0.2, 0.25) is 0 Å². The second-order valence-corrected chi connectivity index (χ2v) is 35.3. The van der Waals surface area contributed by atoms with Crippen LogP contribution < -0.4 is 9.47 Å². The number of aromatic nitrogens is 2. The Balaban J connectivity index is 0.000000232. The molecule has 356 valence electrons. The lowest BCUT2D eigenvalue weighted by Gasteiger charge is -2.11. The van der Waals surface area contributed by atoms with Crippen molar-refractivity contribution >= 4 is 209 Å². The number of fused-ring (bicyclic) bond motifs is 2. The van der Waals surface area contributed by atoms with Gasteiger partial charge in [-0.05, 0) is 83.9 Å². The molecule has 0 aliphatic heterocycles. The van der Waals surface area contributed by atoms with Crippen LogP contribution in [0.1, 0.15) is 39.5 Å². The van der Waals surface area contributed by atoms with E-state index in [1.807, 2.05) is 77.4 Å². The molecule has 1 N–H and O–H groups in total. The van der Waals surface area contributed by atoms with Gasteiger partial charge < -0.3 is 28.5 Å². The van der Waals surface area contributed by atoms with Crippen molar-refractivity contribution in [3.63, 3.8) is 0 Å². The van der Waals surface area contributed by atoms with E-state index < -0.39 is 11.9 Å². The summed E-state index contributed by atoms with van der Waals surface area (Å²) in [5, 5.41) is 13.4. The van der Waals surface area contributed by atoms with Gasteiger partial charge in [0, 0.05) is 173 Å². The average molecular weight is 1240 g/mol. The van der Waals surface area contributed by atoms with Gasteiger partial charge in [0.1, 0.15) is 5.75 Å². The average Bonchev–Trinajstić information content (AvgIpc) is 3.78. The van der Waals surface area contributed by atoms with Crippen LogP contribution >= 0.6 is 46.4 Å². The first kappa shape index (κ1) is 57.5. The van der Waals surface area contributed by atoms with Crippen molar-refractivity contribution in [2.75, 3.05) is 14.2 Å². The van der Waals surface area contributed by atoms with Crippen molar-refractivity contribution in [3.8, 4) is 17.2 Å². The molecule has 0 atom stereocenters. The van der Waals surface area contributed by atoms with Gasteiger partial charge in [-0.3, -0.25) is 0 Å². The third-order valence-corrected chi connectivity index (χ3v) is 33.9. The molecule has 0 unspecified atom stereocenters. The van der Waals surface area contributed by atoms with Gasteiger partial charge in [-0.15, -0.1) is 0 Å². The van der Waals surface area contributed by atoms with Crippen LogP contribution in [0.15, 0.2) is 115 Å². The van der Waals surface area contributed by atoms with Crippen molar-refractivity contribution in [2.45, 2.75) is 20.5 Å². The molecule has 8 nitrogen and oxygen atoms in total. The molecule has 0 saturated heterocycles. The maximum atomic E-state index is 12.8. The minimum Gasteiger partial charge on any atom is -0.494 e. The summed E-state index contributed by atoms with van der Waals surface area (Å²) in [4.78, 5) is 24.5. The van der Waals surface area contributed by atoms with Crippen LogP contribution in [0.25, 0.3) is 21.8 Å². The van der Waals surface area contributed by atoms with Crippen LogP contribution in [-0.2, 0) is 147 Å². The van der Waals surface area contributed by atoms with Gasteiger partial charge in [0.25, 0.3) is 0 Å². The highest BCUT2D eigenvalue weighted by Crippen LogP contribution is 2.39. The predicted octanol–water partition coefficient (Wildman–Crippen LogP) is 11.9. The third-order valence-electron chi connectivity index (χ3n) is 8.52. The summed E-state index contributed by atoms with van der Waals surface area (Å²) >= 11 is 33.6. The number of carboxylic acids is 1. The fourth-order valence-corrected chi connectivity index (χ4v) is 34.0. The Bertz CT molecular complexity index is 3390. The van der Waals surface area contributed by atoms with Crippen molar-refractivity contribution in [1.29, 1.82) is 0 Å². The molecular weight excluding hydrogens is 1210 g/mol. The largest absolute Gasteiger partial charge is 0.494 e. The Hall–Kier alpha value is -2.04. The number of carboxylic acid groups (broad SMARTS) is 1. The number of rotatable bonds is 9. The van der Waals surface area contributed by atoms with E-state index in [1.54, 1.807) is 136 Å². The van der Waals surface area contributed by atoms with Gasteiger partial charge >= 0.3 is 11.9 Å². The lowest BCUT2D eigenvalue weighted by atomic mass is 10.2. The molecule has 0 bridgehead atoms. The van der Waals surface area contributed by atoms with E-state index >= 15 is 0 Å². The van der Waals surface area contributed by atoms with E-state index in [-0.39, 0.29) is 13.1 Å². The molecular formula is C41H34Cl4N2O6S14. The van der Waals surface area contributed by atoms with Crippen molar-refractivity contribution in [3.05, 3.63) is 158 Å². The van der Waals surface area contributed by atoms with Gasteiger partial charge in [0.05, 0.1) is 25.3 Å². The molecule has 0 saturated carbocycles. The van der Waals surface area contributed by atoms with E-state index in [4.69, 9.17) is 83.0 Å². The number of hydrogen-bond acceptors (Lipinski definition) is 7. The minimum absolute atomic E-state index is 0. The summed E-state index contributed by atoms with van der Waals surface area (Å²) < 4.78 is 20.1. The molecule has 67 heavy (non-hydrogen) atoms. The number of methoxy groups -OCH3 is 2. The molecule has 0 radical (unpaired) electrons. The Morgan fingerprint density at radius 3 is 1.36 bits per heavy atom. The number of carbonyl (C=O) groups is 2. The van der Waals surface area contributed by atoms with E-state index in [0.29, 0.717) is 61.5 Å². The smallest absolute Gasteiger partial charge is 0.358 e. The number of nitrogens with zero attached hydrogens (tertiary/aromatic N) is 2. The highest BCUT2D eigenvalue weighted by Gasteiger charge is 2.27. The molecule has 0 spiro atoms. The van der Waals surface area contributed by atoms with Gasteiger partial charge in [-0.25, -0.2) is 9.59 Å². The topological polar surface area (TPSA) is 91.9 Å². The number of benzene rings is 5. The molecule has 2 heterocycles. The van der Waals surface area contributed by atoms with Gasteiger partial charge in [-0.2, -0.15) is 0 Å². The van der Waals surface area contributed by atoms with E-state index in [2.05, 4.69) is 0 Å². The zero-order chi connectivity index (χ0) is 47.4. The first-order valence-electron chi connectivity index (χ1n) is 18.0. The Morgan fingerprint density at radius 1 is 0.552 bits per heavy atom. The van der Waals surface area contributed by atoms with Crippen molar-refractivity contribution in [2.24, 2.45) is 0 Å². The fourth-order valence-electron chi connectivity index (χ4n) is 6.01. The van der Waals surface area contributed by atoms with Gasteiger partial charge in [-0.1, -0.05) is 96.3 Å². The summed E-state index contributed by atoms with van der Waals surface area (Å²) in [7, 11) is 22.7. The minimum atomic E-state index is -1.05. The summed E-state index contributed by atoms with van der Waals surface area (Å²) in [6.07, 6.45) is 0. The van der Waals surface area contributed by atoms with E-state index in [1.165, 1.54) is 32.0 Å². The first-order valence-corrected chi connectivity index (χ1v) is 36.8. The lowest BCUT2D eigenvalue weighted by Crippen LogP contribution is -2.12. The molecule has 5 aromatic carbocycles. The number of halogens is 4. The Morgan fingerprint density at radius 2 is 0.955 bits per heavy atom. The molecule has 0 aliphatic rings. The van der Waals surface area contributed by atoms with Crippen LogP contribution in [0.2, 0.25) is 20.1 Å². The maximum Gasteiger partial charge on any atom is 0.358 e. The number of aromatic carboxylic acids is 1. The number of esters is 1. The Labute approximate surface area is 451 Å². The van der Waals surface area contributed by atoms with E-state index in [9.17, 15) is 14.7 Å². The monoisotopic (exact) mass is 1240 g/mol. The molecule has 2 aromatic heterocycles. The maximum absolute atomic E-state index is 12.8. The summed E-state index contributed by atoms with van der Waals surface area (Å²) in [6, 6.07) is 34.7. The normalized spacial score (nSPS) is 9.94. The number of hydrogen-bond donors (Lipinski definition) is 1. The van der Waals surface area contributed by atoms with Gasteiger partial charge in [0.15, 0.2) is 22.9 Å². The molecule has 7 rings (SSSR count). The molecule has 0 fully saturated rings. The van der Waals surface area contributed by atoms with Crippen LogP contribution in [-0.4, -0.2) is 40.4 Å². The fraction of sp³-hybridized carbons (Fsp3) is 0.122. The lowest BCUT2D eigenvalue weighted by molar-refractivity contribution is 0.0585. The second kappa shape index (κ2) is 30.6. The quantitative estimate of drug-likeness (QED) is 0.143. The number of para-hydroxylation sites is 1. The van der Waals surface area contributed by atoms with Crippen LogP contribution in [0.5, 0.6) is 17.2 Å². The number of carbonyl (C=O) groups excluding carboxylic acids is 1. The first-order chi connectivity index (χ1) is 32.0. The SMILES string of the molecule is C.COC(=O)c1c(Oc2ccccc2)c2cc(Cl)ccc2n1Cc1ccc(Cl)cc1.COc1c(C(=O)O)n(Cc2ccc(Cl)cc2)c2ccc(Cl)cc12.S=S=S=S=S=S=S=S=S=S=S=S=S=S. The summed E-state index contributed by atoms with van der Waals surface area (Å²) in [6.45, 7) is 0.832. The molecule has 0 aliphatic carbocycles. The van der Waals surface area contributed by atoms with Crippen LogP contribution in [0.3, 0.4) is 0 Å². The zero-order valence-corrected chi connectivity index (χ0v) is 47.9. The van der Waals surface area contributed by atoms with Crippen molar-refractivity contribution < 1.29 is 28.9 Å². The summed E-state index contributed by atoms with van der Waals surface area (Å²) in [5.41, 5.74) is 3.90.